The number of hydrogen-bond acceptors (Lipinski definition) is 7. The van der Waals surface area contributed by atoms with E-state index in [-0.39, 0.29) is 21.6 Å². The number of aromatic hydroxyl groups is 1. The summed E-state index contributed by atoms with van der Waals surface area (Å²) in [5, 5.41) is 24.4. The van der Waals surface area contributed by atoms with Crippen LogP contribution in [0.2, 0.25) is 0 Å². The van der Waals surface area contributed by atoms with E-state index in [1.807, 2.05) is 20.8 Å². The Labute approximate surface area is 162 Å². The van der Waals surface area contributed by atoms with Gasteiger partial charge in [0.1, 0.15) is 0 Å². The second kappa shape index (κ2) is 7.85. The maximum Gasteiger partial charge on any atom is 0.315 e. The number of nitro groups is 1. The number of nitro benzene ring substituents is 1. The van der Waals surface area contributed by atoms with Crippen molar-refractivity contribution >= 4 is 21.9 Å². The third-order valence-electron chi connectivity index (χ3n) is 3.91. The highest BCUT2D eigenvalue weighted by Crippen LogP contribution is 2.36. The molecular formula is C18H21N3O6S. The van der Waals surface area contributed by atoms with Crippen LogP contribution in [0.25, 0.3) is 0 Å². The average molecular weight is 407 g/mol. The summed E-state index contributed by atoms with van der Waals surface area (Å²) < 4.78 is 29.6. The molecule has 0 spiro atoms. The van der Waals surface area contributed by atoms with Crippen LogP contribution in [0, 0.1) is 10.1 Å². The summed E-state index contributed by atoms with van der Waals surface area (Å²) in [6.07, 6.45) is 1.08. The predicted molar refractivity (Wildman–Crippen MR) is 104 cm³/mol. The van der Waals surface area contributed by atoms with Gasteiger partial charge in [0.05, 0.1) is 23.1 Å². The van der Waals surface area contributed by atoms with Gasteiger partial charge < -0.3 is 9.84 Å². The Morgan fingerprint density at radius 3 is 2.32 bits per heavy atom. The number of hydrazone groups is 1. The van der Waals surface area contributed by atoms with E-state index in [0.717, 1.165) is 17.8 Å². The normalized spacial score (nSPS) is 12.1. The first-order valence-electron chi connectivity index (χ1n) is 8.16. The number of phenolic OH excluding ortho intramolecular Hbond substituents is 1. The molecule has 0 radical (unpaired) electrons. The lowest BCUT2D eigenvalue weighted by Crippen LogP contribution is -2.19. The van der Waals surface area contributed by atoms with Crippen LogP contribution in [0.5, 0.6) is 11.5 Å². The van der Waals surface area contributed by atoms with Crippen molar-refractivity contribution in [2.75, 3.05) is 7.11 Å². The van der Waals surface area contributed by atoms with Crippen LogP contribution < -0.4 is 9.57 Å². The highest BCUT2D eigenvalue weighted by atomic mass is 32.2. The molecule has 10 heteroatoms. The maximum absolute atomic E-state index is 12.3. The number of nitrogens with zero attached hydrogens (tertiary/aromatic N) is 2. The van der Waals surface area contributed by atoms with Crippen molar-refractivity contribution < 1.29 is 23.2 Å². The first-order valence-corrected chi connectivity index (χ1v) is 9.65. The van der Waals surface area contributed by atoms with Crippen molar-refractivity contribution in [3.05, 3.63) is 57.6 Å². The van der Waals surface area contributed by atoms with Gasteiger partial charge in [-0.25, -0.2) is 4.83 Å². The average Bonchev–Trinajstić information content (AvgIpc) is 2.61. The lowest BCUT2D eigenvalue weighted by molar-refractivity contribution is -0.386. The summed E-state index contributed by atoms with van der Waals surface area (Å²) in [5.41, 5.74) is 0.465. The molecule has 0 aliphatic rings. The Morgan fingerprint density at radius 1 is 1.21 bits per heavy atom. The van der Waals surface area contributed by atoms with Crippen LogP contribution in [-0.4, -0.2) is 31.8 Å². The molecule has 0 aliphatic carbocycles. The van der Waals surface area contributed by atoms with E-state index < -0.39 is 26.4 Å². The maximum atomic E-state index is 12.3. The van der Waals surface area contributed by atoms with E-state index >= 15 is 0 Å². The minimum Gasteiger partial charge on any atom is -0.500 e. The standard InChI is InChI=1S/C18H21N3O6S/c1-18(2,3)13-5-7-14(8-6-13)28(25,26)20-19-11-12-9-15(21(23)24)17(22)16(10-12)27-4/h5-11,20,22H,1-4H3. The van der Waals surface area contributed by atoms with Crippen molar-refractivity contribution in [2.24, 2.45) is 5.10 Å². The Bertz CT molecular complexity index is 1010. The second-order valence-corrected chi connectivity index (χ2v) is 8.64. The molecule has 0 fully saturated rings. The predicted octanol–water partition coefficient (Wildman–Crippen LogP) is 2.92. The minimum absolute atomic E-state index is 0.0342. The fourth-order valence-electron chi connectivity index (χ4n) is 2.34. The highest BCUT2D eigenvalue weighted by Gasteiger charge is 2.20. The van der Waals surface area contributed by atoms with Gasteiger partial charge in [0.15, 0.2) is 5.75 Å². The molecule has 0 amide bonds. The second-order valence-electron chi connectivity index (χ2n) is 6.98. The largest absolute Gasteiger partial charge is 0.500 e. The molecule has 0 heterocycles. The van der Waals surface area contributed by atoms with E-state index in [4.69, 9.17) is 4.74 Å². The van der Waals surface area contributed by atoms with Crippen molar-refractivity contribution in [1.29, 1.82) is 0 Å². The smallest absolute Gasteiger partial charge is 0.315 e. The van der Waals surface area contributed by atoms with Gasteiger partial charge in [0, 0.05) is 11.6 Å². The summed E-state index contributed by atoms with van der Waals surface area (Å²) in [5.74, 6) is -0.750. The Balaban J connectivity index is 2.24. The van der Waals surface area contributed by atoms with E-state index in [9.17, 15) is 23.6 Å². The molecule has 0 aliphatic heterocycles. The molecule has 0 aromatic heterocycles. The van der Waals surface area contributed by atoms with Crippen LogP contribution in [-0.2, 0) is 15.4 Å². The molecule has 0 saturated carbocycles. The summed E-state index contributed by atoms with van der Waals surface area (Å²) in [6.45, 7) is 6.05. The van der Waals surface area contributed by atoms with E-state index in [0.29, 0.717) is 0 Å². The number of benzene rings is 2. The van der Waals surface area contributed by atoms with Crippen molar-refractivity contribution in [2.45, 2.75) is 31.1 Å². The number of phenols is 1. The SMILES string of the molecule is COc1cc(C=NNS(=O)(=O)c2ccc(C(C)(C)C)cc2)cc([N+](=O)[O-])c1O. The van der Waals surface area contributed by atoms with Gasteiger partial charge in [0.25, 0.3) is 10.0 Å². The molecular weight excluding hydrogens is 386 g/mol. The van der Waals surface area contributed by atoms with Crippen LogP contribution >= 0.6 is 0 Å². The molecule has 0 saturated heterocycles. The first kappa shape index (κ1) is 21.2. The van der Waals surface area contributed by atoms with E-state index in [2.05, 4.69) is 9.93 Å². The number of sulfonamides is 1. The quantitative estimate of drug-likeness (QED) is 0.430. The van der Waals surface area contributed by atoms with E-state index in [1.165, 1.54) is 25.3 Å². The lowest BCUT2D eigenvalue weighted by atomic mass is 9.87. The van der Waals surface area contributed by atoms with Gasteiger partial charge in [-0.05, 0) is 29.2 Å². The molecule has 2 aromatic carbocycles. The van der Waals surface area contributed by atoms with Crippen molar-refractivity contribution in [3.63, 3.8) is 0 Å². The molecule has 2 N–H and O–H groups in total. The molecule has 0 bridgehead atoms. The van der Waals surface area contributed by atoms with Crippen LogP contribution in [0.4, 0.5) is 5.69 Å². The summed E-state index contributed by atoms with van der Waals surface area (Å²) >= 11 is 0. The Kier molecular flexibility index (Phi) is 5.93. The Hall–Kier alpha value is -3.14. The molecule has 9 nitrogen and oxygen atoms in total. The summed E-state index contributed by atoms with van der Waals surface area (Å²) in [4.78, 5) is 12.3. The van der Waals surface area contributed by atoms with Crippen LogP contribution in [0.15, 0.2) is 46.4 Å². The number of hydrogen-bond donors (Lipinski definition) is 2. The van der Waals surface area contributed by atoms with Gasteiger partial charge >= 0.3 is 5.69 Å². The topological polar surface area (TPSA) is 131 Å². The van der Waals surface area contributed by atoms with E-state index in [1.54, 1.807) is 12.1 Å². The number of rotatable bonds is 6. The van der Waals surface area contributed by atoms with Gasteiger partial charge in [0.2, 0.25) is 5.75 Å². The summed E-state index contributed by atoms with van der Waals surface area (Å²) in [7, 11) is -2.67. The highest BCUT2D eigenvalue weighted by molar-refractivity contribution is 7.89. The van der Waals surface area contributed by atoms with Crippen molar-refractivity contribution in [1.82, 2.24) is 4.83 Å². The zero-order valence-electron chi connectivity index (χ0n) is 15.8. The fraction of sp³-hybridized carbons (Fsp3) is 0.278. The lowest BCUT2D eigenvalue weighted by Gasteiger charge is -2.19. The van der Waals surface area contributed by atoms with Gasteiger partial charge in [-0.15, -0.1) is 0 Å². The molecule has 0 unspecified atom stereocenters. The number of nitrogens with one attached hydrogen (secondary N) is 1. The van der Waals surface area contributed by atoms with Gasteiger partial charge in [-0.3, -0.25) is 10.1 Å². The third kappa shape index (κ3) is 4.77. The molecule has 28 heavy (non-hydrogen) atoms. The molecule has 2 rings (SSSR count). The van der Waals surface area contributed by atoms with Gasteiger partial charge in [-0.2, -0.15) is 13.5 Å². The number of ether oxygens (including phenoxy) is 1. The molecule has 150 valence electrons. The Morgan fingerprint density at radius 2 is 1.82 bits per heavy atom. The molecule has 2 aromatic rings. The van der Waals surface area contributed by atoms with Crippen LogP contribution in [0.3, 0.4) is 0 Å². The monoisotopic (exact) mass is 407 g/mol. The van der Waals surface area contributed by atoms with Crippen molar-refractivity contribution in [3.8, 4) is 11.5 Å². The summed E-state index contributed by atoms with van der Waals surface area (Å²) in [6, 6.07) is 8.75. The third-order valence-corrected chi connectivity index (χ3v) is 5.15. The van der Waals surface area contributed by atoms with Crippen LogP contribution in [0.1, 0.15) is 31.9 Å². The zero-order valence-corrected chi connectivity index (χ0v) is 16.6. The van der Waals surface area contributed by atoms with Gasteiger partial charge in [-0.1, -0.05) is 32.9 Å². The molecule has 0 atom stereocenters. The number of methoxy groups -OCH3 is 1. The zero-order chi connectivity index (χ0) is 21.1. The fourth-order valence-corrected chi connectivity index (χ4v) is 3.13. The first-order chi connectivity index (χ1) is 13.0. The minimum atomic E-state index is -3.91.